The minimum absolute atomic E-state index is 0.0801. The lowest BCUT2D eigenvalue weighted by Crippen LogP contribution is -2.40. The second-order valence-corrected chi connectivity index (χ2v) is 10.9. The summed E-state index contributed by atoms with van der Waals surface area (Å²) in [5, 5.41) is -0.0237. The molecule has 0 saturated carbocycles. The number of carbonyl (C=O) groups is 1. The first-order chi connectivity index (χ1) is 18.0. The van der Waals surface area contributed by atoms with Crippen LogP contribution in [0.4, 0.5) is 17.6 Å². The van der Waals surface area contributed by atoms with Crippen LogP contribution >= 0.6 is 0 Å². The quantitative estimate of drug-likeness (QED) is 0.265. The van der Waals surface area contributed by atoms with E-state index < -0.39 is 33.8 Å². The molecule has 3 heterocycles. The average molecular weight is 547 g/mol. The molecular weight excluding hydrogens is 524 g/mol. The number of alkyl halides is 3. The minimum atomic E-state index is -4.52. The second kappa shape index (κ2) is 9.95. The number of hydrogen-bond donors (Lipinski definition) is 0. The number of sulfonamides is 1. The third-order valence-corrected chi connectivity index (χ3v) is 8.33. The van der Waals surface area contributed by atoms with Gasteiger partial charge in [0.25, 0.3) is 10.0 Å². The zero-order valence-corrected chi connectivity index (χ0v) is 20.7. The first-order valence-corrected chi connectivity index (χ1v) is 13.3. The number of fused-ring (bicyclic) bond motifs is 1. The number of pyridine rings is 1. The van der Waals surface area contributed by atoms with Crippen LogP contribution in [0.15, 0.2) is 76.4 Å². The monoisotopic (exact) mass is 546 g/mol. The molecule has 1 aliphatic heterocycles. The maximum Gasteiger partial charge on any atom is 0.433 e. The smallest absolute Gasteiger partial charge is 0.433 e. The van der Waals surface area contributed by atoms with E-state index in [0.717, 1.165) is 22.1 Å². The summed E-state index contributed by atoms with van der Waals surface area (Å²) in [6.07, 6.45) is -2.07. The van der Waals surface area contributed by atoms with Crippen LogP contribution in [0.25, 0.3) is 22.1 Å². The third kappa shape index (κ3) is 5.21. The van der Waals surface area contributed by atoms with Crippen molar-refractivity contribution in [3.8, 4) is 11.1 Å². The number of nitrogens with zero attached hydrogens (tertiary/aromatic N) is 2. The Labute approximate surface area is 215 Å². The van der Waals surface area contributed by atoms with Crippen molar-refractivity contribution in [1.29, 1.82) is 0 Å². The predicted molar refractivity (Wildman–Crippen MR) is 131 cm³/mol. The maximum absolute atomic E-state index is 13.5. The molecule has 4 aromatic rings. The zero-order chi connectivity index (χ0) is 27.1. The molecule has 5 rings (SSSR count). The predicted octanol–water partition coefficient (Wildman–Crippen LogP) is 6.01. The molecule has 6 nitrogen and oxygen atoms in total. The Kier molecular flexibility index (Phi) is 6.83. The highest BCUT2D eigenvalue weighted by Gasteiger charge is 2.40. The lowest BCUT2D eigenvalue weighted by molar-refractivity contribution is -0.141. The maximum atomic E-state index is 13.5. The normalized spacial score (nSPS) is 16.8. The van der Waals surface area contributed by atoms with Gasteiger partial charge in [-0.05, 0) is 54.7 Å². The fraction of sp³-hybridized carbons (Fsp3) is 0.259. The molecule has 11 heteroatoms. The lowest BCUT2D eigenvalue weighted by atomic mass is 9.99. The number of Topliss-reactive ketones (excluding diaryl/α,β-unsaturated/α-hetero) is 1. The Morgan fingerprint density at radius 2 is 1.87 bits per heavy atom. The highest BCUT2D eigenvalue weighted by Crippen LogP contribution is 2.32. The van der Waals surface area contributed by atoms with Gasteiger partial charge in [0, 0.05) is 36.2 Å². The van der Waals surface area contributed by atoms with Crippen molar-refractivity contribution in [3.05, 3.63) is 83.9 Å². The number of halogens is 4. The van der Waals surface area contributed by atoms with Crippen molar-refractivity contribution in [2.75, 3.05) is 6.54 Å². The molecule has 0 aliphatic carbocycles. The molecule has 2 aromatic heterocycles. The Morgan fingerprint density at radius 1 is 1.05 bits per heavy atom. The fourth-order valence-corrected chi connectivity index (χ4v) is 6.28. The number of aryl methyl sites for hydroxylation is 1. The van der Waals surface area contributed by atoms with E-state index in [1.54, 1.807) is 24.3 Å². The molecule has 1 saturated heterocycles. The van der Waals surface area contributed by atoms with Gasteiger partial charge in [-0.2, -0.15) is 17.5 Å². The van der Waals surface area contributed by atoms with Crippen LogP contribution in [-0.4, -0.2) is 36.1 Å². The molecule has 2 aromatic carbocycles. The van der Waals surface area contributed by atoms with Gasteiger partial charge in [0.15, 0.2) is 5.78 Å². The van der Waals surface area contributed by atoms with Gasteiger partial charge >= 0.3 is 6.18 Å². The Morgan fingerprint density at radius 3 is 2.61 bits per heavy atom. The standard InChI is InChI=1S/C27H22F4N2O4S/c28-21-8-10-24-20(14-21)15-26(37-24)38(35,36)33-12-2-5-22(33)23(34)9-6-17-3-1-4-18(13-17)19-7-11-25(32-16-19)27(29,30)31/h1,3-4,7-8,10-11,13-16,22H,2,5-6,9,12H2/t22-/m0/s1. The Balaban J connectivity index is 1.28. The van der Waals surface area contributed by atoms with Crippen molar-refractivity contribution >= 4 is 26.8 Å². The van der Waals surface area contributed by atoms with Gasteiger partial charge < -0.3 is 4.42 Å². The number of ketones is 1. The van der Waals surface area contributed by atoms with Crippen molar-refractivity contribution < 1.29 is 35.2 Å². The molecule has 1 aliphatic rings. The zero-order valence-electron chi connectivity index (χ0n) is 19.9. The van der Waals surface area contributed by atoms with Gasteiger partial charge in [-0.3, -0.25) is 9.78 Å². The summed E-state index contributed by atoms with van der Waals surface area (Å²) in [6, 6.07) is 13.4. The Bertz CT molecular complexity index is 1600. The molecule has 1 atom stereocenters. The van der Waals surface area contributed by atoms with Crippen LogP contribution in [0.3, 0.4) is 0 Å². The van der Waals surface area contributed by atoms with Crippen LogP contribution in [0.5, 0.6) is 0 Å². The number of benzene rings is 2. The van der Waals surface area contributed by atoms with Gasteiger partial charge in [0.1, 0.15) is 17.1 Å². The van der Waals surface area contributed by atoms with Crippen molar-refractivity contribution in [2.24, 2.45) is 0 Å². The molecule has 0 N–H and O–H groups in total. The number of aromatic nitrogens is 1. The van der Waals surface area contributed by atoms with Crippen LogP contribution in [0, 0.1) is 5.82 Å². The third-order valence-electron chi connectivity index (χ3n) is 6.57. The SMILES string of the molecule is O=C(CCc1cccc(-c2ccc(C(F)(F)F)nc2)c1)[C@@H]1CCCN1S(=O)(=O)c1cc2cc(F)ccc2o1. The molecule has 0 bridgehead atoms. The first kappa shape index (κ1) is 26.1. The minimum Gasteiger partial charge on any atom is -0.443 e. The average Bonchev–Trinajstić information content (AvgIpc) is 3.55. The van der Waals surface area contributed by atoms with Crippen LogP contribution in [0.2, 0.25) is 0 Å². The van der Waals surface area contributed by atoms with Crippen molar-refractivity contribution in [2.45, 2.75) is 43.0 Å². The fourth-order valence-electron chi connectivity index (χ4n) is 4.65. The van der Waals surface area contributed by atoms with Crippen molar-refractivity contribution in [3.63, 3.8) is 0 Å². The molecule has 0 radical (unpaired) electrons. The van der Waals surface area contributed by atoms with E-state index in [4.69, 9.17) is 4.42 Å². The van der Waals surface area contributed by atoms with Gasteiger partial charge in [0.2, 0.25) is 5.09 Å². The van der Waals surface area contributed by atoms with Crippen LogP contribution in [0.1, 0.15) is 30.5 Å². The summed E-state index contributed by atoms with van der Waals surface area (Å²) < 4.78 is 85.1. The molecule has 0 spiro atoms. The summed E-state index contributed by atoms with van der Waals surface area (Å²) in [5.41, 5.74) is 1.19. The molecule has 38 heavy (non-hydrogen) atoms. The van der Waals surface area contributed by atoms with E-state index in [9.17, 15) is 30.8 Å². The highest BCUT2D eigenvalue weighted by molar-refractivity contribution is 7.89. The summed E-state index contributed by atoms with van der Waals surface area (Å²) >= 11 is 0. The van der Waals surface area contributed by atoms with E-state index in [-0.39, 0.29) is 29.4 Å². The highest BCUT2D eigenvalue weighted by atomic mass is 32.2. The van der Waals surface area contributed by atoms with Crippen molar-refractivity contribution in [1.82, 2.24) is 9.29 Å². The van der Waals surface area contributed by atoms with E-state index in [1.807, 2.05) is 0 Å². The number of furan rings is 1. The summed E-state index contributed by atoms with van der Waals surface area (Å²) in [6.45, 7) is 0.167. The molecule has 0 unspecified atom stereocenters. The number of rotatable bonds is 7. The van der Waals surface area contributed by atoms with Gasteiger partial charge in [-0.15, -0.1) is 0 Å². The topological polar surface area (TPSA) is 80.5 Å². The number of hydrogen-bond acceptors (Lipinski definition) is 5. The first-order valence-electron chi connectivity index (χ1n) is 11.9. The molecule has 1 fully saturated rings. The van der Waals surface area contributed by atoms with E-state index in [0.29, 0.717) is 35.8 Å². The van der Waals surface area contributed by atoms with Gasteiger partial charge in [-0.25, -0.2) is 12.8 Å². The van der Waals surface area contributed by atoms with E-state index in [2.05, 4.69) is 4.98 Å². The second-order valence-electron chi connectivity index (χ2n) is 9.12. The van der Waals surface area contributed by atoms with Crippen LogP contribution < -0.4 is 0 Å². The lowest BCUT2D eigenvalue weighted by Gasteiger charge is -2.21. The largest absolute Gasteiger partial charge is 0.443 e. The summed E-state index contributed by atoms with van der Waals surface area (Å²) in [5.74, 6) is -0.759. The van der Waals surface area contributed by atoms with Gasteiger partial charge in [-0.1, -0.05) is 30.3 Å². The van der Waals surface area contributed by atoms with Crippen LogP contribution in [-0.2, 0) is 27.4 Å². The summed E-state index contributed by atoms with van der Waals surface area (Å²) in [7, 11) is -4.11. The van der Waals surface area contributed by atoms with E-state index >= 15 is 0 Å². The summed E-state index contributed by atoms with van der Waals surface area (Å²) in [4.78, 5) is 16.6. The molecular formula is C27H22F4N2O4S. The van der Waals surface area contributed by atoms with E-state index in [1.165, 1.54) is 30.3 Å². The van der Waals surface area contributed by atoms with Gasteiger partial charge in [0.05, 0.1) is 6.04 Å². The Hall–Kier alpha value is -3.57. The molecule has 198 valence electrons. The number of carbonyl (C=O) groups excluding carboxylic acids is 1. The molecule has 0 amide bonds.